The molecule has 3 rings (SSSR count). The number of ether oxygens (including phenoxy) is 2. The maximum atomic E-state index is 12.6. The van der Waals surface area contributed by atoms with E-state index in [0.29, 0.717) is 26.5 Å². The number of hydrogen-bond acceptors (Lipinski definition) is 7. The molecule has 0 bridgehead atoms. The lowest BCUT2D eigenvalue weighted by molar-refractivity contribution is -0.114. The first-order valence-corrected chi connectivity index (χ1v) is 8.47. The number of benzene rings is 1. The third kappa shape index (κ3) is 3.02. The molecule has 0 aliphatic carbocycles. The first-order valence-electron chi connectivity index (χ1n) is 6.77. The molecule has 1 aliphatic rings. The molecule has 0 spiro atoms. The molecule has 0 unspecified atom stereocenters. The molecule has 1 aromatic heterocycles. The van der Waals surface area contributed by atoms with Crippen LogP contribution in [-0.2, 0) is 4.79 Å². The summed E-state index contributed by atoms with van der Waals surface area (Å²) in [4.78, 5) is 17.3. The SMILES string of the molecule is COc1ccc(OC)c(/C=C2\SC(=N)[C@H](c3nccs3)C2=O)c1. The minimum Gasteiger partial charge on any atom is -0.497 e. The van der Waals surface area contributed by atoms with Gasteiger partial charge in [0.2, 0.25) is 0 Å². The van der Waals surface area contributed by atoms with Crippen molar-refractivity contribution in [2.75, 3.05) is 14.2 Å². The number of allylic oxidation sites excluding steroid dienone is 1. The zero-order chi connectivity index (χ0) is 16.4. The van der Waals surface area contributed by atoms with Crippen molar-refractivity contribution < 1.29 is 14.3 Å². The number of ketones is 1. The largest absolute Gasteiger partial charge is 0.497 e. The number of carbonyl (C=O) groups excluding carboxylic acids is 1. The van der Waals surface area contributed by atoms with Gasteiger partial charge in [0.15, 0.2) is 5.78 Å². The van der Waals surface area contributed by atoms with Crippen LogP contribution in [0.4, 0.5) is 0 Å². The van der Waals surface area contributed by atoms with Gasteiger partial charge in [0, 0.05) is 17.1 Å². The number of Topliss-reactive ketones (excluding diaryl/α,β-unsaturated/α-hetero) is 1. The van der Waals surface area contributed by atoms with Gasteiger partial charge in [-0.2, -0.15) is 0 Å². The highest BCUT2D eigenvalue weighted by Crippen LogP contribution is 2.42. The molecule has 118 valence electrons. The fourth-order valence-electron chi connectivity index (χ4n) is 2.28. The van der Waals surface area contributed by atoms with Gasteiger partial charge in [0.05, 0.1) is 24.2 Å². The molecule has 0 saturated carbocycles. The maximum Gasteiger partial charge on any atom is 0.186 e. The minimum atomic E-state index is -0.581. The summed E-state index contributed by atoms with van der Waals surface area (Å²) in [5, 5.41) is 10.9. The highest BCUT2D eigenvalue weighted by Gasteiger charge is 2.38. The Balaban J connectivity index is 1.98. The summed E-state index contributed by atoms with van der Waals surface area (Å²) >= 11 is 2.56. The summed E-state index contributed by atoms with van der Waals surface area (Å²) in [7, 11) is 3.16. The first kappa shape index (κ1) is 15.8. The molecule has 1 N–H and O–H groups in total. The van der Waals surface area contributed by atoms with Crippen molar-refractivity contribution in [3.8, 4) is 11.5 Å². The van der Waals surface area contributed by atoms with E-state index in [9.17, 15) is 4.79 Å². The number of carbonyl (C=O) groups is 1. The number of thiazole rings is 1. The summed E-state index contributed by atoms with van der Waals surface area (Å²) in [5.74, 6) is 0.651. The number of nitrogens with zero attached hydrogens (tertiary/aromatic N) is 1. The molecular formula is C16H14N2O3S2. The monoisotopic (exact) mass is 346 g/mol. The van der Waals surface area contributed by atoms with Crippen LogP contribution in [0.3, 0.4) is 0 Å². The average molecular weight is 346 g/mol. The zero-order valence-corrected chi connectivity index (χ0v) is 14.2. The molecule has 23 heavy (non-hydrogen) atoms. The number of thioether (sulfide) groups is 1. The fourth-order valence-corrected chi connectivity index (χ4v) is 4.08. The molecular weight excluding hydrogens is 332 g/mol. The van der Waals surface area contributed by atoms with Crippen molar-refractivity contribution in [3.05, 3.63) is 45.3 Å². The van der Waals surface area contributed by atoms with Gasteiger partial charge in [0.25, 0.3) is 0 Å². The molecule has 2 aromatic rings. The van der Waals surface area contributed by atoms with E-state index in [1.54, 1.807) is 44.7 Å². The molecule has 0 radical (unpaired) electrons. The van der Waals surface area contributed by atoms with Crippen LogP contribution in [0.2, 0.25) is 0 Å². The summed E-state index contributed by atoms with van der Waals surface area (Å²) in [6, 6.07) is 5.39. The van der Waals surface area contributed by atoms with E-state index in [0.717, 1.165) is 5.56 Å². The second-order valence-corrected chi connectivity index (χ2v) is 6.76. The van der Waals surface area contributed by atoms with E-state index in [4.69, 9.17) is 14.9 Å². The third-order valence-electron chi connectivity index (χ3n) is 3.41. The lowest BCUT2D eigenvalue weighted by Gasteiger charge is -2.07. The Hall–Kier alpha value is -2.12. The van der Waals surface area contributed by atoms with E-state index in [2.05, 4.69) is 4.98 Å². The summed E-state index contributed by atoms with van der Waals surface area (Å²) < 4.78 is 10.6. The van der Waals surface area contributed by atoms with Gasteiger partial charge in [-0.1, -0.05) is 11.8 Å². The smallest absolute Gasteiger partial charge is 0.186 e. The molecule has 7 heteroatoms. The number of rotatable bonds is 4. The summed E-state index contributed by atoms with van der Waals surface area (Å²) in [6.45, 7) is 0. The first-order chi connectivity index (χ1) is 11.1. The quantitative estimate of drug-likeness (QED) is 0.857. The Kier molecular flexibility index (Phi) is 4.49. The number of nitrogens with one attached hydrogen (secondary N) is 1. The van der Waals surface area contributed by atoms with E-state index < -0.39 is 5.92 Å². The molecule has 2 heterocycles. The molecule has 1 fully saturated rings. The van der Waals surface area contributed by atoms with E-state index in [1.165, 1.54) is 23.1 Å². The van der Waals surface area contributed by atoms with E-state index >= 15 is 0 Å². The second kappa shape index (κ2) is 6.55. The van der Waals surface area contributed by atoms with Gasteiger partial charge >= 0.3 is 0 Å². The fraction of sp³-hybridized carbons (Fsp3) is 0.188. The summed E-state index contributed by atoms with van der Waals surface area (Å²) in [5.41, 5.74) is 0.746. The van der Waals surface area contributed by atoms with Gasteiger partial charge in [-0.3, -0.25) is 10.2 Å². The van der Waals surface area contributed by atoms with Gasteiger partial charge in [-0.25, -0.2) is 4.98 Å². The Morgan fingerprint density at radius 3 is 2.78 bits per heavy atom. The third-order valence-corrected chi connectivity index (χ3v) is 5.24. The van der Waals surface area contributed by atoms with Crippen LogP contribution in [-0.4, -0.2) is 30.0 Å². The predicted molar refractivity (Wildman–Crippen MR) is 92.7 cm³/mol. The molecule has 5 nitrogen and oxygen atoms in total. The van der Waals surface area contributed by atoms with Crippen LogP contribution in [0.1, 0.15) is 16.5 Å². The predicted octanol–water partition coefficient (Wildman–Crippen LogP) is 3.58. The molecule has 1 atom stereocenters. The van der Waals surface area contributed by atoms with Gasteiger partial charge in [-0.15, -0.1) is 11.3 Å². The van der Waals surface area contributed by atoms with Crippen molar-refractivity contribution in [1.29, 1.82) is 5.41 Å². The Morgan fingerprint density at radius 2 is 2.13 bits per heavy atom. The minimum absolute atomic E-state index is 0.0974. The number of aromatic nitrogens is 1. The lowest BCUT2D eigenvalue weighted by Crippen LogP contribution is -2.11. The van der Waals surface area contributed by atoms with Crippen LogP contribution in [0, 0.1) is 5.41 Å². The van der Waals surface area contributed by atoms with Crippen molar-refractivity contribution in [1.82, 2.24) is 4.98 Å². The number of hydrogen-bond donors (Lipinski definition) is 1. The highest BCUT2D eigenvalue weighted by atomic mass is 32.2. The second-order valence-electron chi connectivity index (χ2n) is 4.75. The Bertz CT molecular complexity index is 785. The van der Waals surface area contributed by atoms with Crippen molar-refractivity contribution in [2.24, 2.45) is 0 Å². The normalized spacial score (nSPS) is 19.4. The van der Waals surface area contributed by atoms with Crippen LogP contribution in [0.5, 0.6) is 11.5 Å². The van der Waals surface area contributed by atoms with Crippen LogP contribution in [0.25, 0.3) is 6.08 Å². The lowest BCUT2D eigenvalue weighted by atomic mass is 10.0. The zero-order valence-electron chi connectivity index (χ0n) is 12.5. The average Bonchev–Trinajstić information content (AvgIpc) is 3.16. The van der Waals surface area contributed by atoms with Gasteiger partial charge in [-0.05, 0) is 24.3 Å². The van der Waals surface area contributed by atoms with Crippen molar-refractivity contribution in [2.45, 2.75) is 5.92 Å². The maximum absolute atomic E-state index is 12.6. The summed E-state index contributed by atoms with van der Waals surface area (Å²) in [6.07, 6.45) is 3.40. The Morgan fingerprint density at radius 1 is 1.30 bits per heavy atom. The molecule has 1 saturated heterocycles. The van der Waals surface area contributed by atoms with Crippen LogP contribution in [0.15, 0.2) is 34.7 Å². The van der Waals surface area contributed by atoms with E-state index in [1.807, 2.05) is 5.38 Å². The molecule has 0 amide bonds. The highest BCUT2D eigenvalue weighted by molar-refractivity contribution is 8.19. The van der Waals surface area contributed by atoms with Crippen LogP contribution < -0.4 is 9.47 Å². The van der Waals surface area contributed by atoms with Gasteiger partial charge < -0.3 is 9.47 Å². The Labute approximate surface area is 141 Å². The van der Waals surface area contributed by atoms with Crippen molar-refractivity contribution >= 4 is 40.0 Å². The van der Waals surface area contributed by atoms with Crippen molar-refractivity contribution in [3.63, 3.8) is 0 Å². The topological polar surface area (TPSA) is 72.3 Å². The number of methoxy groups -OCH3 is 2. The molecule has 1 aromatic carbocycles. The van der Waals surface area contributed by atoms with E-state index in [-0.39, 0.29) is 5.78 Å². The van der Waals surface area contributed by atoms with Gasteiger partial charge in [0.1, 0.15) is 22.4 Å². The standard InChI is InChI=1S/C16H14N2O3S2/c1-20-10-3-4-11(21-2)9(7-10)8-12-14(19)13(15(17)23-12)16-18-5-6-22-16/h3-8,13,17H,1-2H3/b12-8-,17-15?/t13-/m1/s1. The van der Waals surface area contributed by atoms with Crippen LogP contribution >= 0.6 is 23.1 Å². The molecule has 1 aliphatic heterocycles.